The van der Waals surface area contributed by atoms with Crippen LogP contribution in [0.1, 0.15) is 17.0 Å². The molecule has 1 rings (SSSR count). The second-order valence-corrected chi connectivity index (χ2v) is 5.83. The van der Waals surface area contributed by atoms with Crippen LogP contribution >= 0.6 is 0 Å². The van der Waals surface area contributed by atoms with Crippen LogP contribution in [0, 0.1) is 24.4 Å². The molecule has 19 heavy (non-hydrogen) atoms. The number of carbonyl (C=O) groups excluding carboxylic acids is 2. The fraction of sp³-hybridized carbons (Fsp3) is 0.273. The number of halogens is 3. The van der Waals surface area contributed by atoms with Crippen LogP contribution in [0.4, 0.5) is 13.2 Å². The molecular weight excluding hydrogens is 285 g/mol. The lowest BCUT2D eigenvalue weighted by Crippen LogP contribution is -2.15. The van der Waals surface area contributed by atoms with E-state index in [4.69, 9.17) is 0 Å². The van der Waals surface area contributed by atoms with E-state index in [2.05, 4.69) is 0 Å². The molecule has 0 aliphatic rings. The predicted octanol–water partition coefficient (Wildman–Crippen LogP) is 1.30. The molecule has 0 aliphatic heterocycles. The Labute approximate surface area is 107 Å². The van der Waals surface area contributed by atoms with E-state index in [-0.39, 0.29) is 12.6 Å². The fourth-order valence-electron chi connectivity index (χ4n) is 1.77. The highest BCUT2D eigenvalue weighted by molar-refractivity contribution is 7.90. The predicted molar refractivity (Wildman–Crippen MR) is 59.0 cm³/mol. The third-order valence-electron chi connectivity index (χ3n) is 2.56. The third kappa shape index (κ3) is 2.53. The summed E-state index contributed by atoms with van der Waals surface area (Å²) in [7, 11) is -4.19. The van der Waals surface area contributed by atoms with Crippen LogP contribution in [0.15, 0.2) is 4.90 Å². The summed E-state index contributed by atoms with van der Waals surface area (Å²) in [5, 5.41) is 0. The zero-order chi connectivity index (χ0) is 15.0. The maximum Gasteiger partial charge on any atom is 0.196 e. The first kappa shape index (κ1) is 15.4. The van der Waals surface area contributed by atoms with Crippen LogP contribution in [0.5, 0.6) is 0 Å². The van der Waals surface area contributed by atoms with Gasteiger partial charge in [-0.05, 0) is 12.5 Å². The van der Waals surface area contributed by atoms with Gasteiger partial charge in [0.25, 0.3) is 0 Å². The molecule has 4 nitrogen and oxygen atoms in total. The monoisotopic (exact) mass is 294 g/mol. The first-order valence-electron chi connectivity index (χ1n) is 4.94. The number of hydrogen-bond donors (Lipinski definition) is 0. The van der Waals surface area contributed by atoms with E-state index < -0.39 is 49.2 Å². The van der Waals surface area contributed by atoms with Gasteiger partial charge >= 0.3 is 0 Å². The zero-order valence-corrected chi connectivity index (χ0v) is 10.7. The standard InChI is InChI=1S/C11H9F3O4S/c1-5-7(6(3-15)4-16)8(12)9(13)10(14)11(5)19(2,17)18/h3-4,6H,1-2H3. The maximum atomic E-state index is 13.6. The van der Waals surface area contributed by atoms with Crippen molar-refractivity contribution in [2.45, 2.75) is 17.7 Å². The van der Waals surface area contributed by atoms with Gasteiger partial charge < -0.3 is 9.59 Å². The molecule has 0 saturated heterocycles. The van der Waals surface area contributed by atoms with Gasteiger partial charge in [0, 0.05) is 11.8 Å². The molecule has 1 aromatic carbocycles. The van der Waals surface area contributed by atoms with E-state index in [1.807, 2.05) is 0 Å². The van der Waals surface area contributed by atoms with Gasteiger partial charge in [-0.25, -0.2) is 21.6 Å². The van der Waals surface area contributed by atoms with E-state index in [0.29, 0.717) is 6.26 Å². The summed E-state index contributed by atoms with van der Waals surface area (Å²) in [6.45, 7) is 0.997. The van der Waals surface area contributed by atoms with Crippen molar-refractivity contribution in [2.24, 2.45) is 0 Å². The Morgan fingerprint density at radius 1 is 1.00 bits per heavy atom. The number of hydrogen-bond acceptors (Lipinski definition) is 4. The SMILES string of the molecule is Cc1c(C(C=O)C=O)c(F)c(F)c(F)c1S(C)(=O)=O. The van der Waals surface area contributed by atoms with Crippen molar-refractivity contribution in [3.8, 4) is 0 Å². The average Bonchev–Trinajstić information content (AvgIpc) is 2.30. The highest BCUT2D eigenvalue weighted by Gasteiger charge is 2.31. The van der Waals surface area contributed by atoms with Crippen LogP contribution in [0.2, 0.25) is 0 Å². The maximum absolute atomic E-state index is 13.6. The van der Waals surface area contributed by atoms with E-state index in [0.717, 1.165) is 6.92 Å². The molecule has 0 unspecified atom stereocenters. The first-order valence-corrected chi connectivity index (χ1v) is 6.83. The second kappa shape index (κ2) is 5.12. The molecule has 0 amide bonds. The van der Waals surface area contributed by atoms with E-state index in [9.17, 15) is 31.2 Å². The molecule has 0 fully saturated rings. The smallest absolute Gasteiger partial charge is 0.196 e. The molecular formula is C11H9F3O4S. The number of aldehydes is 2. The van der Waals surface area contributed by atoms with Crippen LogP contribution in [-0.4, -0.2) is 27.2 Å². The second-order valence-electron chi connectivity index (χ2n) is 3.88. The van der Waals surface area contributed by atoms with E-state index in [1.54, 1.807) is 0 Å². The lowest BCUT2D eigenvalue weighted by atomic mass is 9.96. The summed E-state index contributed by atoms with van der Waals surface area (Å²) >= 11 is 0. The molecule has 1 aromatic rings. The van der Waals surface area contributed by atoms with Crippen LogP contribution in [0.3, 0.4) is 0 Å². The highest BCUT2D eigenvalue weighted by atomic mass is 32.2. The third-order valence-corrected chi connectivity index (χ3v) is 3.79. The summed E-state index contributed by atoms with van der Waals surface area (Å²) < 4.78 is 63.2. The Kier molecular flexibility index (Phi) is 4.14. The molecule has 0 bridgehead atoms. The summed E-state index contributed by atoms with van der Waals surface area (Å²) in [6, 6.07) is 0. The Hall–Kier alpha value is -1.70. The lowest BCUT2D eigenvalue weighted by Gasteiger charge is -2.14. The van der Waals surface area contributed by atoms with E-state index in [1.165, 1.54) is 0 Å². The van der Waals surface area contributed by atoms with Crippen molar-refractivity contribution in [1.82, 2.24) is 0 Å². The summed E-state index contributed by atoms with van der Waals surface area (Å²) in [5.41, 5.74) is -1.27. The molecule has 0 radical (unpaired) electrons. The number of benzene rings is 1. The Morgan fingerprint density at radius 3 is 1.84 bits per heavy atom. The van der Waals surface area contributed by atoms with Gasteiger partial charge in [0.2, 0.25) is 0 Å². The molecule has 0 atom stereocenters. The topological polar surface area (TPSA) is 68.3 Å². The quantitative estimate of drug-likeness (QED) is 0.363. The zero-order valence-electron chi connectivity index (χ0n) is 9.91. The van der Waals surface area contributed by atoms with Crippen molar-refractivity contribution in [3.63, 3.8) is 0 Å². The van der Waals surface area contributed by atoms with Crippen molar-refractivity contribution in [3.05, 3.63) is 28.6 Å². The van der Waals surface area contributed by atoms with Gasteiger partial charge in [0.1, 0.15) is 17.5 Å². The minimum atomic E-state index is -4.19. The molecule has 0 saturated carbocycles. The molecule has 0 spiro atoms. The average molecular weight is 294 g/mol. The van der Waals surface area contributed by atoms with Crippen molar-refractivity contribution >= 4 is 22.4 Å². The van der Waals surface area contributed by atoms with Crippen molar-refractivity contribution in [2.75, 3.05) is 6.26 Å². The fourth-order valence-corrected chi connectivity index (χ4v) is 2.85. The Balaban J connectivity index is 3.91. The highest BCUT2D eigenvalue weighted by Crippen LogP contribution is 2.31. The first-order chi connectivity index (χ1) is 8.66. The van der Waals surface area contributed by atoms with Gasteiger partial charge in [0.15, 0.2) is 27.3 Å². The molecule has 0 aliphatic carbocycles. The summed E-state index contributed by atoms with van der Waals surface area (Å²) in [4.78, 5) is 20.2. The Bertz CT molecular complexity index is 645. The minimum absolute atomic E-state index is 0.0157. The summed E-state index contributed by atoms with van der Waals surface area (Å²) in [6.07, 6.45) is 0.639. The van der Waals surface area contributed by atoms with Crippen molar-refractivity contribution < 1.29 is 31.2 Å². The number of sulfone groups is 1. The summed E-state index contributed by atoms with van der Waals surface area (Å²) in [5.74, 6) is -7.34. The molecule has 0 N–H and O–H groups in total. The van der Waals surface area contributed by atoms with Crippen LogP contribution in [0.25, 0.3) is 0 Å². The van der Waals surface area contributed by atoms with Gasteiger partial charge in [-0.2, -0.15) is 0 Å². The van der Waals surface area contributed by atoms with Crippen LogP contribution < -0.4 is 0 Å². The molecule has 0 aromatic heterocycles. The lowest BCUT2D eigenvalue weighted by molar-refractivity contribution is -0.116. The van der Waals surface area contributed by atoms with Gasteiger partial charge in [0.05, 0.1) is 5.92 Å². The van der Waals surface area contributed by atoms with Crippen molar-refractivity contribution in [1.29, 1.82) is 0 Å². The number of rotatable bonds is 4. The molecule has 0 heterocycles. The van der Waals surface area contributed by atoms with Gasteiger partial charge in [-0.15, -0.1) is 0 Å². The minimum Gasteiger partial charge on any atom is -0.302 e. The largest absolute Gasteiger partial charge is 0.302 e. The van der Waals surface area contributed by atoms with Gasteiger partial charge in [-0.1, -0.05) is 0 Å². The van der Waals surface area contributed by atoms with Crippen LogP contribution in [-0.2, 0) is 19.4 Å². The normalized spacial score (nSPS) is 11.7. The molecule has 8 heteroatoms. The van der Waals surface area contributed by atoms with Gasteiger partial charge in [-0.3, -0.25) is 0 Å². The number of carbonyl (C=O) groups is 2. The van der Waals surface area contributed by atoms with E-state index >= 15 is 0 Å². The Morgan fingerprint density at radius 2 is 1.47 bits per heavy atom. The molecule has 104 valence electrons.